The van der Waals surface area contributed by atoms with Gasteiger partial charge in [0.15, 0.2) is 0 Å². The van der Waals surface area contributed by atoms with Crippen molar-refractivity contribution in [3.63, 3.8) is 0 Å². The Hall–Kier alpha value is -2.16. The number of carbonyl (C=O) groups is 1. The molecule has 0 spiro atoms. The van der Waals surface area contributed by atoms with E-state index in [9.17, 15) is 14.9 Å². The fourth-order valence-electron chi connectivity index (χ4n) is 2.04. The Balaban J connectivity index is 2.03. The van der Waals surface area contributed by atoms with Crippen LogP contribution in [0.4, 0.5) is 10.6 Å². The van der Waals surface area contributed by atoms with Crippen molar-refractivity contribution in [3.05, 3.63) is 21.9 Å². The first-order valence-corrected chi connectivity index (χ1v) is 6.67. The van der Waals surface area contributed by atoms with Crippen LogP contribution in [0.15, 0.2) is 6.07 Å². The summed E-state index contributed by atoms with van der Waals surface area (Å²) < 4.78 is 5.33. The lowest BCUT2D eigenvalue weighted by Crippen LogP contribution is -2.49. The number of aromatic amines is 1. The van der Waals surface area contributed by atoms with E-state index in [1.807, 2.05) is 20.8 Å². The van der Waals surface area contributed by atoms with Crippen molar-refractivity contribution in [1.29, 1.82) is 0 Å². The SMILES string of the molecule is CC(C)(C)OC(=O)N1CCNC(c2cc([N+](=O)[O-])[nH]n2)C1. The zero-order chi connectivity index (χ0) is 15.6. The zero-order valence-corrected chi connectivity index (χ0v) is 12.3. The first kappa shape index (κ1) is 15.2. The van der Waals surface area contributed by atoms with Crippen molar-refractivity contribution in [2.24, 2.45) is 0 Å². The van der Waals surface area contributed by atoms with E-state index in [4.69, 9.17) is 4.74 Å². The van der Waals surface area contributed by atoms with Crippen molar-refractivity contribution in [2.45, 2.75) is 32.4 Å². The highest BCUT2D eigenvalue weighted by Crippen LogP contribution is 2.20. The number of nitro groups is 1. The van der Waals surface area contributed by atoms with Gasteiger partial charge in [-0.2, -0.15) is 0 Å². The molecule has 1 fully saturated rings. The number of amides is 1. The normalized spacial score (nSPS) is 19.4. The standard InChI is InChI=1S/C12H19N5O4/c1-12(2,3)21-11(18)16-5-4-13-9(7-16)8-6-10(15-14-8)17(19)20/h6,9,13H,4-5,7H2,1-3H3,(H,14,15). The molecule has 0 radical (unpaired) electrons. The minimum absolute atomic E-state index is 0.166. The molecule has 1 unspecified atom stereocenters. The van der Waals surface area contributed by atoms with E-state index in [0.29, 0.717) is 25.3 Å². The van der Waals surface area contributed by atoms with Crippen LogP contribution in [0.1, 0.15) is 32.5 Å². The summed E-state index contributed by atoms with van der Waals surface area (Å²) in [7, 11) is 0. The Morgan fingerprint density at radius 2 is 2.29 bits per heavy atom. The Labute approximate surface area is 121 Å². The lowest BCUT2D eigenvalue weighted by atomic mass is 10.1. The Bertz CT molecular complexity index is 536. The summed E-state index contributed by atoms with van der Waals surface area (Å²) in [6, 6.07) is 1.12. The maximum absolute atomic E-state index is 12.0. The third-order valence-corrected chi connectivity index (χ3v) is 2.96. The van der Waals surface area contributed by atoms with Crippen molar-refractivity contribution in [2.75, 3.05) is 19.6 Å². The molecule has 21 heavy (non-hydrogen) atoms. The highest BCUT2D eigenvalue weighted by Gasteiger charge is 2.30. The van der Waals surface area contributed by atoms with Crippen LogP contribution in [0.25, 0.3) is 0 Å². The Kier molecular flexibility index (Phi) is 4.12. The summed E-state index contributed by atoms with van der Waals surface area (Å²) >= 11 is 0. The molecular weight excluding hydrogens is 278 g/mol. The first-order chi connectivity index (χ1) is 9.76. The molecule has 1 atom stereocenters. The van der Waals surface area contributed by atoms with Crippen molar-refractivity contribution in [1.82, 2.24) is 20.4 Å². The van der Waals surface area contributed by atoms with Crippen LogP contribution in [0.2, 0.25) is 0 Å². The summed E-state index contributed by atoms with van der Waals surface area (Å²) in [5.41, 5.74) is -0.0438. The number of aromatic nitrogens is 2. The van der Waals surface area contributed by atoms with Crippen LogP contribution < -0.4 is 5.32 Å². The summed E-state index contributed by atoms with van der Waals surface area (Å²) in [6.07, 6.45) is -0.390. The summed E-state index contributed by atoms with van der Waals surface area (Å²) in [5.74, 6) is -0.166. The predicted octanol–water partition coefficient (Wildman–Crippen LogP) is 1.20. The number of nitrogens with one attached hydrogen (secondary N) is 2. The van der Waals surface area contributed by atoms with Crippen LogP contribution in [0.5, 0.6) is 0 Å². The quantitative estimate of drug-likeness (QED) is 0.626. The first-order valence-electron chi connectivity index (χ1n) is 6.67. The van der Waals surface area contributed by atoms with Gasteiger partial charge >= 0.3 is 11.9 Å². The van der Waals surface area contributed by atoms with Gasteiger partial charge in [0.25, 0.3) is 0 Å². The third-order valence-electron chi connectivity index (χ3n) is 2.96. The fraction of sp³-hybridized carbons (Fsp3) is 0.667. The average molecular weight is 297 g/mol. The number of piperazine rings is 1. The molecule has 0 aromatic carbocycles. The number of H-pyrrole nitrogens is 1. The molecule has 1 aliphatic rings. The highest BCUT2D eigenvalue weighted by molar-refractivity contribution is 5.68. The molecule has 0 aliphatic carbocycles. The third kappa shape index (κ3) is 3.91. The van der Waals surface area contributed by atoms with Crippen LogP contribution in [0.3, 0.4) is 0 Å². The summed E-state index contributed by atoms with van der Waals surface area (Å²) in [5, 5.41) is 20.1. The molecule has 1 aromatic rings. The monoisotopic (exact) mass is 297 g/mol. The van der Waals surface area contributed by atoms with Gasteiger partial charge in [-0.1, -0.05) is 5.10 Å². The lowest BCUT2D eigenvalue weighted by molar-refractivity contribution is -0.389. The molecule has 2 N–H and O–H groups in total. The van der Waals surface area contributed by atoms with Gasteiger partial charge in [-0.25, -0.2) is 4.79 Å². The molecular formula is C12H19N5O4. The van der Waals surface area contributed by atoms with Gasteiger partial charge in [0.1, 0.15) is 11.3 Å². The summed E-state index contributed by atoms with van der Waals surface area (Å²) in [6.45, 7) is 6.88. The second-order valence-corrected chi connectivity index (χ2v) is 5.87. The van der Waals surface area contributed by atoms with E-state index in [2.05, 4.69) is 15.5 Å². The maximum Gasteiger partial charge on any atom is 0.410 e. The van der Waals surface area contributed by atoms with Gasteiger partial charge in [-0.05, 0) is 25.7 Å². The van der Waals surface area contributed by atoms with Gasteiger partial charge in [-0.3, -0.25) is 0 Å². The average Bonchev–Trinajstić information content (AvgIpc) is 2.86. The highest BCUT2D eigenvalue weighted by atomic mass is 16.6. The second-order valence-electron chi connectivity index (χ2n) is 5.87. The Morgan fingerprint density at radius 1 is 1.57 bits per heavy atom. The number of rotatable bonds is 2. The number of carbonyl (C=O) groups excluding carboxylic acids is 1. The van der Waals surface area contributed by atoms with E-state index in [1.165, 1.54) is 6.07 Å². The fourth-order valence-corrected chi connectivity index (χ4v) is 2.04. The van der Waals surface area contributed by atoms with Crippen molar-refractivity contribution >= 4 is 11.9 Å². The number of ether oxygens (including phenoxy) is 1. The lowest BCUT2D eigenvalue weighted by Gasteiger charge is -2.33. The van der Waals surface area contributed by atoms with Gasteiger partial charge in [0.2, 0.25) is 0 Å². The van der Waals surface area contributed by atoms with Crippen LogP contribution in [-0.4, -0.2) is 51.3 Å². The van der Waals surface area contributed by atoms with Gasteiger partial charge in [-0.15, -0.1) is 5.10 Å². The minimum atomic E-state index is -0.553. The van der Waals surface area contributed by atoms with E-state index >= 15 is 0 Å². The van der Waals surface area contributed by atoms with Crippen LogP contribution >= 0.6 is 0 Å². The molecule has 116 valence electrons. The number of nitrogens with zero attached hydrogens (tertiary/aromatic N) is 3. The van der Waals surface area contributed by atoms with Crippen LogP contribution in [0, 0.1) is 10.1 Å². The zero-order valence-electron chi connectivity index (χ0n) is 12.3. The molecule has 0 bridgehead atoms. The molecule has 1 amide bonds. The largest absolute Gasteiger partial charge is 0.444 e. The molecule has 9 heteroatoms. The molecule has 1 aromatic heterocycles. The molecule has 1 saturated heterocycles. The number of hydrogen-bond acceptors (Lipinski definition) is 6. The smallest absolute Gasteiger partial charge is 0.410 e. The second kappa shape index (κ2) is 5.68. The topological polar surface area (TPSA) is 113 Å². The molecule has 2 heterocycles. The van der Waals surface area contributed by atoms with E-state index < -0.39 is 10.5 Å². The maximum atomic E-state index is 12.0. The van der Waals surface area contributed by atoms with E-state index in [0.717, 1.165) is 0 Å². The molecule has 1 aliphatic heterocycles. The van der Waals surface area contributed by atoms with Crippen molar-refractivity contribution in [3.8, 4) is 0 Å². The molecule has 9 nitrogen and oxygen atoms in total. The predicted molar refractivity (Wildman–Crippen MR) is 73.8 cm³/mol. The van der Waals surface area contributed by atoms with E-state index in [-0.39, 0.29) is 18.0 Å². The van der Waals surface area contributed by atoms with Crippen LogP contribution in [-0.2, 0) is 4.74 Å². The summed E-state index contributed by atoms with van der Waals surface area (Å²) in [4.78, 5) is 23.7. The van der Waals surface area contributed by atoms with Gasteiger partial charge in [0, 0.05) is 19.6 Å². The van der Waals surface area contributed by atoms with E-state index in [1.54, 1.807) is 4.90 Å². The minimum Gasteiger partial charge on any atom is -0.444 e. The Morgan fingerprint density at radius 3 is 2.86 bits per heavy atom. The van der Waals surface area contributed by atoms with Gasteiger partial charge < -0.3 is 25.1 Å². The van der Waals surface area contributed by atoms with Crippen molar-refractivity contribution < 1.29 is 14.5 Å². The van der Waals surface area contributed by atoms with Gasteiger partial charge in [0.05, 0.1) is 12.1 Å². The molecule has 2 rings (SSSR count). The molecule has 0 saturated carbocycles. The number of hydrogen-bond donors (Lipinski definition) is 2.